The van der Waals surface area contributed by atoms with Crippen molar-refractivity contribution in [3.8, 4) is 0 Å². The minimum atomic E-state index is -3.69. The van der Waals surface area contributed by atoms with Gasteiger partial charge in [-0.15, -0.1) is 11.3 Å². The van der Waals surface area contributed by atoms with Crippen LogP contribution in [0.5, 0.6) is 0 Å². The van der Waals surface area contributed by atoms with Crippen molar-refractivity contribution in [1.82, 2.24) is 9.29 Å². The van der Waals surface area contributed by atoms with E-state index in [-0.39, 0.29) is 15.8 Å². The van der Waals surface area contributed by atoms with E-state index in [1.807, 2.05) is 6.92 Å². The highest BCUT2D eigenvalue weighted by Crippen LogP contribution is 2.27. The number of anilines is 1. The van der Waals surface area contributed by atoms with Crippen molar-refractivity contribution >= 4 is 44.6 Å². The molecule has 0 saturated carbocycles. The molecule has 124 valence electrons. The van der Waals surface area contributed by atoms with E-state index in [0.29, 0.717) is 16.3 Å². The Hall–Kier alpha value is -1.48. The van der Waals surface area contributed by atoms with Crippen molar-refractivity contribution in [3.63, 3.8) is 0 Å². The number of hydrogen-bond acceptors (Lipinski definition) is 5. The molecule has 2 aromatic rings. The number of carbonyl (C=O) groups excluding carboxylic acids is 1. The van der Waals surface area contributed by atoms with E-state index in [9.17, 15) is 13.2 Å². The van der Waals surface area contributed by atoms with E-state index >= 15 is 0 Å². The normalized spacial score (nSPS) is 11.7. The van der Waals surface area contributed by atoms with Crippen LogP contribution < -0.4 is 5.32 Å². The number of rotatable bonds is 4. The summed E-state index contributed by atoms with van der Waals surface area (Å²) in [5, 5.41) is 3.57. The Bertz CT molecular complexity index is 860. The lowest BCUT2D eigenvalue weighted by atomic mass is 10.3. The number of hydrogen-bond donors (Lipinski definition) is 1. The van der Waals surface area contributed by atoms with Gasteiger partial charge in [-0.2, -0.15) is 0 Å². The molecule has 0 atom stereocenters. The fourth-order valence-electron chi connectivity index (χ4n) is 1.91. The van der Waals surface area contributed by atoms with E-state index in [1.54, 1.807) is 13.0 Å². The lowest BCUT2D eigenvalue weighted by Crippen LogP contribution is -2.23. The minimum Gasteiger partial charge on any atom is -0.321 e. The van der Waals surface area contributed by atoms with Crippen molar-refractivity contribution in [2.45, 2.75) is 18.7 Å². The first-order valence-electron chi connectivity index (χ1n) is 6.60. The summed E-state index contributed by atoms with van der Waals surface area (Å²) in [6.45, 7) is 3.57. The Kier molecular flexibility index (Phi) is 5.10. The second-order valence-corrected chi connectivity index (χ2v) is 8.76. The molecule has 0 fully saturated rings. The molecule has 9 heteroatoms. The molecule has 0 aliphatic carbocycles. The van der Waals surface area contributed by atoms with Crippen LogP contribution in [0.3, 0.4) is 0 Å². The maximum Gasteiger partial charge on any atom is 0.267 e. The SMILES string of the molecule is Cc1nc(C)c(C(=O)Nc2ccc(Cl)c(S(=O)(=O)N(C)C)c2)s1. The first kappa shape index (κ1) is 17.9. The monoisotopic (exact) mass is 373 g/mol. The molecular weight excluding hydrogens is 358 g/mol. The van der Waals surface area contributed by atoms with E-state index in [0.717, 1.165) is 9.31 Å². The van der Waals surface area contributed by atoms with Crippen molar-refractivity contribution in [2.24, 2.45) is 0 Å². The van der Waals surface area contributed by atoms with E-state index in [1.165, 1.54) is 37.6 Å². The minimum absolute atomic E-state index is 0.0563. The number of halogens is 1. The zero-order valence-corrected chi connectivity index (χ0v) is 15.4. The van der Waals surface area contributed by atoms with Gasteiger partial charge in [-0.25, -0.2) is 17.7 Å². The predicted molar refractivity (Wildman–Crippen MR) is 91.9 cm³/mol. The number of nitrogens with one attached hydrogen (secondary N) is 1. The Balaban J connectivity index is 2.35. The van der Waals surface area contributed by atoms with Crippen LogP contribution in [-0.2, 0) is 10.0 Å². The summed E-state index contributed by atoms with van der Waals surface area (Å²) in [6, 6.07) is 4.34. The molecule has 0 aliphatic rings. The van der Waals surface area contributed by atoms with Crippen LogP contribution >= 0.6 is 22.9 Å². The van der Waals surface area contributed by atoms with Crippen LogP contribution in [0.15, 0.2) is 23.1 Å². The number of benzene rings is 1. The van der Waals surface area contributed by atoms with Crippen LogP contribution in [0.2, 0.25) is 5.02 Å². The lowest BCUT2D eigenvalue weighted by molar-refractivity contribution is 0.102. The largest absolute Gasteiger partial charge is 0.321 e. The fraction of sp³-hybridized carbons (Fsp3) is 0.286. The van der Waals surface area contributed by atoms with Gasteiger partial charge in [0.1, 0.15) is 9.77 Å². The quantitative estimate of drug-likeness (QED) is 0.893. The molecule has 0 spiro atoms. The van der Waals surface area contributed by atoms with E-state index < -0.39 is 10.0 Å². The number of aryl methyl sites for hydroxylation is 2. The summed E-state index contributed by atoms with van der Waals surface area (Å²) < 4.78 is 25.5. The van der Waals surface area contributed by atoms with Crippen LogP contribution in [0, 0.1) is 13.8 Å². The summed E-state index contributed by atoms with van der Waals surface area (Å²) in [6.07, 6.45) is 0. The number of thiazole rings is 1. The number of sulfonamides is 1. The van der Waals surface area contributed by atoms with Gasteiger partial charge in [0.15, 0.2) is 0 Å². The molecular formula is C14H16ClN3O3S2. The van der Waals surface area contributed by atoms with Crippen molar-refractivity contribution < 1.29 is 13.2 Å². The van der Waals surface area contributed by atoms with Gasteiger partial charge in [0.05, 0.1) is 15.7 Å². The second kappa shape index (κ2) is 6.56. The number of carbonyl (C=O) groups is 1. The maximum absolute atomic E-state index is 12.3. The van der Waals surface area contributed by atoms with Crippen LogP contribution in [0.1, 0.15) is 20.4 Å². The molecule has 0 unspecified atom stereocenters. The van der Waals surface area contributed by atoms with E-state index in [2.05, 4.69) is 10.3 Å². The summed E-state index contributed by atoms with van der Waals surface area (Å²) in [5.41, 5.74) is 0.991. The third-order valence-corrected chi connectivity index (χ3v) is 6.43. The number of nitrogens with zero attached hydrogens (tertiary/aromatic N) is 2. The summed E-state index contributed by atoms with van der Waals surface area (Å²) >= 11 is 7.26. The van der Waals surface area contributed by atoms with Gasteiger partial charge in [-0.05, 0) is 32.0 Å². The molecule has 0 radical (unpaired) electrons. The van der Waals surface area contributed by atoms with Crippen LogP contribution in [-0.4, -0.2) is 37.7 Å². The second-order valence-electron chi connectivity index (χ2n) is 5.03. The van der Waals surface area contributed by atoms with Crippen LogP contribution in [0.4, 0.5) is 5.69 Å². The molecule has 0 saturated heterocycles. The van der Waals surface area contributed by atoms with Gasteiger partial charge < -0.3 is 5.32 Å². The molecule has 1 aromatic carbocycles. The Morgan fingerprint density at radius 2 is 1.96 bits per heavy atom. The Morgan fingerprint density at radius 3 is 2.48 bits per heavy atom. The molecule has 1 heterocycles. The van der Waals surface area contributed by atoms with Crippen molar-refractivity contribution in [1.29, 1.82) is 0 Å². The molecule has 2 rings (SSSR count). The average molecular weight is 374 g/mol. The smallest absolute Gasteiger partial charge is 0.267 e. The first-order valence-corrected chi connectivity index (χ1v) is 9.24. The third-order valence-electron chi connectivity index (χ3n) is 3.06. The summed E-state index contributed by atoms with van der Waals surface area (Å²) in [5.74, 6) is -0.330. The standard InChI is InChI=1S/C14H16ClN3O3S2/c1-8-13(22-9(2)16-8)14(19)17-10-5-6-11(15)12(7-10)23(20,21)18(3)4/h5-7H,1-4H3,(H,17,19). The first-order chi connectivity index (χ1) is 10.6. The molecule has 6 nitrogen and oxygen atoms in total. The van der Waals surface area contributed by atoms with Gasteiger partial charge in [0.25, 0.3) is 5.91 Å². The average Bonchev–Trinajstić information content (AvgIpc) is 2.79. The Labute approximate surface area is 144 Å². The lowest BCUT2D eigenvalue weighted by Gasteiger charge is -2.14. The molecule has 1 N–H and O–H groups in total. The number of aromatic nitrogens is 1. The molecule has 23 heavy (non-hydrogen) atoms. The molecule has 0 aliphatic heterocycles. The highest BCUT2D eigenvalue weighted by Gasteiger charge is 2.22. The summed E-state index contributed by atoms with van der Waals surface area (Å²) in [4.78, 5) is 16.9. The topological polar surface area (TPSA) is 79.4 Å². The Morgan fingerprint density at radius 1 is 1.30 bits per heavy atom. The van der Waals surface area contributed by atoms with Gasteiger partial charge in [-0.3, -0.25) is 4.79 Å². The molecule has 1 amide bonds. The molecule has 0 bridgehead atoms. The highest BCUT2D eigenvalue weighted by atomic mass is 35.5. The van der Waals surface area contributed by atoms with Gasteiger partial charge in [-0.1, -0.05) is 11.6 Å². The predicted octanol–water partition coefficient (Wildman–Crippen LogP) is 2.92. The number of amides is 1. The van der Waals surface area contributed by atoms with Crippen molar-refractivity contribution in [2.75, 3.05) is 19.4 Å². The zero-order chi connectivity index (χ0) is 17.4. The highest BCUT2D eigenvalue weighted by molar-refractivity contribution is 7.89. The fourth-order valence-corrected chi connectivity index (χ4v) is 4.11. The van der Waals surface area contributed by atoms with Crippen molar-refractivity contribution in [3.05, 3.63) is 38.8 Å². The third kappa shape index (κ3) is 3.72. The van der Waals surface area contributed by atoms with Gasteiger partial charge in [0, 0.05) is 19.8 Å². The van der Waals surface area contributed by atoms with Gasteiger partial charge >= 0.3 is 0 Å². The van der Waals surface area contributed by atoms with Crippen LogP contribution in [0.25, 0.3) is 0 Å². The van der Waals surface area contributed by atoms with Gasteiger partial charge in [0.2, 0.25) is 10.0 Å². The van der Waals surface area contributed by atoms with E-state index in [4.69, 9.17) is 11.6 Å². The summed E-state index contributed by atoms with van der Waals surface area (Å²) in [7, 11) is -0.860. The zero-order valence-electron chi connectivity index (χ0n) is 13.0. The molecule has 1 aromatic heterocycles. The maximum atomic E-state index is 12.3.